The Morgan fingerprint density at radius 1 is 0.929 bits per heavy atom. The molecule has 28 heavy (non-hydrogen) atoms. The molecule has 5 heteroatoms. The van der Waals surface area contributed by atoms with Crippen LogP contribution in [-0.2, 0) is 4.79 Å². The fourth-order valence-electron chi connectivity index (χ4n) is 3.24. The molecule has 0 saturated carbocycles. The molecule has 0 aliphatic carbocycles. The van der Waals surface area contributed by atoms with Crippen molar-refractivity contribution in [2.24, 2.45) is 0 Å². The number of ether oxygens (including phenoxy) is 3. The van der Waals surface area contributed by atoms with E-state index in [4.69, 9.17) is 14.2 Å². The minimum absolute atomic E-state index is 0.171. The normalized spacial score (nSPS) is 14.9. The van der Waals surface area contributed by atoms with Crippen molar-refractivity contribution in [3.05, 3.63) is 66.2 Å². The van der Waals surface area contributed by atoms with Gasteiger partial charge in [-0.1, -0.05) is 36.4 Å². The molecule has 0 aromatic heterocycles. The highest BCUT2D eigenvalue weighted by Gasteiger charge is 2.20. The van der Waals surface area contributed by atoms with Crippen molar-refractivity contribution in [2.45, 2.75) is 26.0 Å². The summed E-state index contributed by atoms with van der Waals surface area (Å²) in [6.07, 6.45) is -0.610. The van der Waals surface area contributed by atoms with Gasteiger partial charge < -0.3 is 19.5 Å². The largest absolute Gasteiger partial charge is 0.486 e. The number of benzene rings is 3. The van der Waals surface area contributed by atoms with E-state index in [0.717, 1.165) is 22.1 Å². The van der Waals surface area contributed by atoms with Crippen LogP contribution in [0.1, 0.15) is 25.5 Å². The summed E-state index contributed by atoms with van der Waals surface area (Å²) in [5, 5.41) is 5.22. The molecular formula is C23H23NO4. The summed E-state index contributed by atoms with van der Waals surface area (Å²) < 4.78 is 17.0. The van der Waals surface area contributed by atoms with Crippen molar-refractivity contribution in [3.63, 3.8) is 0 Å². The molecule has 3 aromatic carbocycles. The third kappa shape index (κ3) is 3.88. The van der Waals surface area contributed by atoms with Gasteiger partial charge in [-0.15, -0.1) is 0 Å². The lowest BCUT2D eigenvalue weighted by Crippen LogP contribution is -2.37. The van der Waals surface area contributed by atoms with Crippen molar-refractivity contribution >= 4 is 16.7 Å². The number of carbonyl (C=O) groups excluding carboxylic acids is 1. The molecule has 0 spiro atoms. The molecule has 0 fully saturated rings. The number of amides is 1. The number of fused-ring (bicyclic) bond motifs is 2. The van der Waals surface area contributed by atoms with Crippen LogP contribution in [0.2, 0.25) is 0 Å². The summed E-state index contributed by atoms with van der Waals surface area (Å²) in [5.41, 5.74) is 0.954. The van der Waals surface area contributed by atoms with E-state index in [-0.39, 0.29) is 11.9 Å². The summed E-state index contributed by atoms with van der Waals surface area (Å²) in [5.74, 6) is 1.95. The van der Waals surface area contributed by atoms with Crippen molar-refractivity contribution < 1.29 is 19.0 Å². The van der Waals surface area contributed by atoms with Gasteiger partial charge in [0, 0.05) is 0 Å². The molecule has 0 saturated heterocycles. The highest BCUT2D eigenvalue weighted by molar-refractivity contribution is 5.84. The van der Waals surface area contributed by atoms with Crippen LogP contribution in [0.3, 0.4) is 0 Å². The van der Waals surface area contributed by atoms with Gasteiger partial charge in [0.05, 0.1) is 6.04 Å². The highest BCUT2D eigenvalue weighted by atomic mass is 16.6. The summed E-state index contributed by atoms with van der Waals surface area (Å²) >= 11 is 0. The first-order chi connectivity index (χ1) is 13.6. The summed E-state index contributed by atoms with van der Waals surface area (Å²) in [6.45, 7) is 4.78. The van der Waals surface area contributed by atoms with Crippen LogP contribution in [0, 0.1) is 0 Å². The molecule has 1 N–H and O–H groups in total. The second-order valence-electron chi connectivity index (χ2n) is 6.90. The number of nitrogens with one attached hydrogen (secondary N) is 1. The van der Waals surface area contributed by atoms with Crippen LogP contribution in [0.15, 0.2) is 60.7 Å². The van der Waals surface area contributed by atoms with Crippen molar-refractivity contribution in [1.29, 1.82) is 0 Å². The Kier molecular flexibility index (Phi) is 5.06. The summed E-state index contributed by atoms with van der Waals surface area (Å²) in [7, 11) is 0. The Balaban J connectivity index is 1.40. The lowest BCUT2D eigenvalue weighted by Gasteiger charge is -2.22. The molecule has 0 unspecified atom stereocenters. The van der Waals surface area contributed by atoms with Crippen molar-refractivity contribution in [2.75, 3.05) is 13.2 Å². The van der Waals surface area contributed by atoms with E-state index in [2.05, 4.69) is 5.32 Å². The predicted molar refractivity (Wildman–Crippen MR) is 108 cm³/mol. The molecule has 4 rings (SSSR count). The maximum atomic E-state index is 12.6. The predicted octanol–water partition coefficient (Wildman–Crippen LogP) is 4.26. The lowest BCUT2D eigenvalue weighted by atomic mass is 10.1. The maximum absolute atomic E-state index is 12.6. The van der Waals surface area contributed by atoms with E-state index in [9.17, 15) is 4.79 Å². The van der Waals surface area contributed by atoms with Gasteiger partial charge in [-0.25, -0.2) is 0 Å². The molecule has 5 nitrogen and oxygen atoms in total. The van der Waals surface area contributed by atoms with Gasteiger partial charge >= 0.3 is 0 Å². The quantitative estimate of drug-likeness (QED) is 0.722. The Bertz CT molecular complexity index is 1000. The first-order valence-electron chi connectivity index (χ1n) is 9.45. The molecule has 1 aliphatic rings. The number of hydrogen-bond acceptors (Lipinski definition) is 4. The molecule has 3 aromatic rings. The molecule has 2 atom stereocenters. The van der Waals surface area contributed by atoms with Crippen LogP contribution in [0.25, 0.3) is 10.8 Å². The van der Waals surface area contributed by atoms with Gasteiger partial charge in [0.25, 0.3) is 5.91 Å². The third-order valence-electron chi connectivity index (χ3n) is 4.83. The van der Waals surface area contributed by atoms with E-state index in [0.29, 0.717) is 24.7 Å². The van der Waals surface area contributed by atoms with E-state index >= 15 is 0 Å². The average molecular weight is 377 g/mol. The fraction of sp³-hybridized carbons (Fsp3) is 0.261. The number of hydrogen-bond donors (Lipinski definition) is 1. The van der Waals surface area contributed by atoms with Gasteiger partial charge in [-0.2, -0.15) is 0 Å². The van der Waals surface area contributed by atoms with Gasteiger partial charge in [-0.3, -0.25) is 4.79 Å². The third-order valence-corrected chi connectivity index (χ3v) is 4.83. The minimum atomic E-state index is -0.610. The second kappa shape index (κ2) is 7.80. The van der Waals surface area contributed by atoms with Crippen LogP contribution in [0.5, 0.6) is 17.2 Å². The molecule has 0 bridgehead atoms. The second-order valence-corrected chi connectivity index (χ2v) is 6.90. The van der Waals surface area contributed by atoms with Crippen LogP contribution in [0.4, 0.5) is 0 Å². The highest BCUT2D eigenvalue weighted by Crippen LogP contribution is 2.32. The zero-order valence-electron chi connectivity index (χ0n) is 16.0. The van der Waals surface area contributed by atoms with Gasteiger partial charge in [0.15, 0.2) is 17.6 Å². The van der Waals surface area contributed by atoms with Gasteiger partial charge in [0.2, 0.25) is 0 Å². The maximum Gasteiger partial charge on any atom is 0.261 e. The summed E-state index contributed by atoms with van der Waals surface area (Å²) in [6, 6.07) is 19.4. The molecule has 144 valence electrons. The molecular weight excluding hydrogens is 354 g/mol. The Hall–Kier alpha value is -3.21. The minimum Gasteiger partial charge on any atom is -0.486 e. The van der Waals surface area contributed by atoms with Crippen LogP contribution >= 0.6 is 0 Å². The van der Waals surface area contributed by atoms with Gasteiger partial charge in [-0.05, 0) is 54.4 Å². The Morgan fingerprint density at radius 2 is 1.68 bits per heavy atom. The first kappa shape index (κ1) is 18.2. The topological polar surface area (TPSA) is 56.8 Å². The lowest BCUT2D eigenvalue weighted by molar-refractivity contribution is -0.127. The monoisotopic (exact) mass is 377 g/mol. The van der Waals surface area contributed by atoms with Gasteiger partial charge in [0.1, 0.15) is 19.0 Å². The zero-order chi connectivity index (χ0) is 19.5. The van der Waals surface area contributed by atoms with E-state index < -0.39 is 6.10 Å². The Morgan fingerprint density at radius 3 is 2.50 bits per heavy atom. The van der Waals surface area contributed by atoms with Crippen LogP contribution in [-0.4, -0.2) is 25.2 Å². The average Bonchev–Trinajstić information content (AvgIpc) is 2.73. The molecule has 1 heterocycles. The number of rotatable bonds is 5. The van der Waals surface area contributed by atoms with Crippen molar-refractivity contribution in [3.8, 4) is 17.2 Å². The smallest absolute Gasteiger partial charge is 0.261 e. The summed E-state index contributed by atoms with van der Waals surface area (Å²) in [4.78, 5) is 12.6. The Labute approximate surface area is 164 Å². The van der Waals surface area contributed by atoms with Crippen LogP contribution < -0.4 is 19.5 Å². The van der Waals surface area contributed by atoms with E-state index in [1.807, 2.05) is 67.6 Å². The number of carbonyl (C=O) groups is 1. The SMILES string of the molecule is C[C@@H](Oc1ccc2ccccc2c1)C(=O)N[C@H](C)c1ccc2c(c1)OCCO2. The fourth-order valence-corrected chi connectivity index (χ4v) is 3.24. The zero-order valence-corrected chi connectivity index (χ0v) is 16.0. The molecule has 0 radical (unpaired) electrons. The standard InChI is InChI=1S/C23H23NO4/c1-15(18-8-10-21-22(14-18)27-12-11-26-21)24-23(25)16(2)28-20-9-7-17-5-3-4-6-19(17)13-20/h3-10,13-16H,11-12H2,1-2H3,(H,24,25)/t15-,16-/m1/s1. The molecule has 1 aliphatic heterocycles. The van der Waals surface area contributed by atoms with Crippen molar-refractivity contribution in [1.82, 2.24) is 5.32 Å². The van der Waals surface area contributed by atoms with E-state index in [1.54, 1.807) is 6.92 Å². The van der Waals surface area contributed by atoms with E-state index in [1.165, 1.54) is 0 Å². The molecule has 1 amide bonds. The first-order valence-corrected chi connectivity index (χ1v) is 9.45.